The lowest BCUT2D eigenvalue weighted by atomic mass is 10.1. The average molecular weight is 215 g/mol. The van der Waals surface area contributed by atoms with Crippen molar-refractivity contribution in [1.29, 1.82) is 0 Å². The van der Waals surface area contributed by atoms with Crippen molar-refractivity contribution >= 4 is 5.78 Å². The minimum absolute atomic E-state index is 0.179. The number of ketones is 1. The van der Waals surface area contributed by atoms with Crippen LogP contribution in [0.25, 0.3) is 0 Å². The molecule has 0 aliphatic carbocycles. The lowest BCUT2D eigenvalue weighted by Crippen LogP contribution is -2.36. The summed E-state index contributed by atoms with van der Waals surface area (Å²) in [6, 6.07) is 0. The predicted molar refractivity (Wildman–Crippen MR) is 66.9 cm³/mol. The third-order valence-electron chi connectivity index (χ3n) is 1.49. The van der Waals surface area contributed by atoms with Crippen LogP contribution in [-0.2, 0) is 4.79 Å². The van der Waals surface area contributed by atoms with Crippen LogP contribution in [0.5, 0.6) is 0 Å². The molecule has 0 rings (SSSR count). The molecule has 3 nitrogen and oxygen atoms in total. The molecule has 0 atom stereocenters. The number of hydrogen-bond donors (Lipinski definition) is 0. The Morgan fingerprint density at radius 2 is 1.53 bits per heavy atom. The van der Waals surface area contributed by atoms with Gasteiger partial charge in [-0.3, -0.25) is 4.79 Å². The highest BCUT2D eigenvalue weighted by atomic mass is 16.1. The van der Waals surface area contributed by atoms with Gasteiger partial charge >= 0.3 is 0 Å². The minimum atomic E-state index is 0.179. The van der Waals surface area contributed by atoms with Gasteiger partial charge in [0.2, 0.25) is 0 Å². The number of nitrogens with zero attached hydrogens (tertiary/aromatic N) is 2. The molecule has 90 valence electrons. The van der Waals surface area contributed by atoms with Gasteiger partial charge in [0.25, 0.3) is 0 Å². The molecule has 0 aromatic heterocycles. The van der Waals surface area contributed by atoms with Gasteiger partial charge in [0, 0.05) is 0 Å². The van der Waals surface area contributed by atoms with E-state index in [1.807, 2.05) is 26.0 Å². The van der Waals surface area contributed by atoms with E-state index in [4.69, 9.17) is 0 Å². The molecule has 3 heteroatoms. The summed E-state index contributed by atoms with van der Waals surface area (Å²) < 4.78 is 0.832. The molecular formula is C12H27N2O+. The Morgan fingerprint density at radius 3 is 1.73 bits per heavy atom. The van der Waals surface area contributed by atoms with E-state index in [2.05, 4.69) is 27.7 Å². The molecule has 0 N–H and O–H groups in total. The molecule has 0 spiro atoms. The predicted octanol–water partition coefficient (Wildman–Crippen LogP) is 1.41. The van der Waals surface area contributed by atoms with Crippen molar-refractivity contribution in [3.05, 3.63) is 12.2 Å². The number of carbonyl (C=O) groups excluding carboxylic acids is 1. The zero-order chi connectivity index (χ0) is 12.6. The van der Waals surface area contributed by atoms with Crippen LogP contribution in [0, 0.1) is 0 Å². The Balaban J connectivity index is 0. The first-order chi connectivity index (χ1) is 6.56. The lowest BCUT2D eigenvalue weighted by molar-refractivity contribution is -0.869. The van der Waals surface area contributed by atoms with Crippen molar-refractivity contribution in [3.8, 4) is 0 Å². The second-order valence-corrected chi connectivity index (χ2v) is 5.31. The molecule has 0 saturated heterocycles. The van der Waals surface area contributed by atoms with E-state index < -0.39 is 0 Å². The molecule has 0 fully saturated rings. The number of quaternary nitrogens is 1. The fourth-order valence-electron chi connectivity index (χ4n) is 0.650. The summed E-state index contributed by atoms with van der Waals surface area (Å²) in [5.74, 6) is 0.179. The van der Waals surface area contributed by atoms with E-state index in [1.54, 1.807) is 6.92 Å². The normalized spacial score (nSPS) is 10.7. The van der Waals surface area contributed by atoms with Gasteiger partial charge in [0.05, 0.1) is 34.1 Å². The summed E-state index contributed by atoms with van der Waals surface area (Å²) in [6.45, 7) is 6.24. The SMILES string of the molecule is C=C(C)C(=O)CC[N+](C)(C)C.CN(C)C. The first-order valence-electron chi connectivity index (χ1n) is 5.16. The number of hydrogen-bond acceptors (Lipinski definition) is 2. The van der Waals surface area contributed by atoms with Crippen molar-refractivity contribution in [2.24, 2.45) is 0 Å². The van der Waals surface area contributed by atoms with Crippen molar-refractivity contribution in [1.82, 2.24) is 4.90 Å². The maximum absolute atomic E-state index is 11.1. The van der Waals surface area contributed by atoms with Crippen LogP contribution in [0.4, 0.5) is 0 Å². The van der Waals surface area contributed by atoms with Gasteiger partial charge in [-0.1, -0.05) is 6.58 Å². The summed E-state index contributed by atoms with van der Waals surface area (Å²) in [5, 5.41) is 0. The number of Topliss-reactive ketones (excluding diaryl/α,β-unsaturated/α-hetero) is 1. The van der Waals surface area contributed by atoms with Gasteiger partial charge in [-0.15, -0.1) is 0 Å². The molecule has 0 aromatic rings. The summed E-state index contributed by atoms with van der Waals surface area (Å²) >= 11 is 0. The van der Waals surface area contributed by atoms with Crippen molar-refractivity contribution in [3.63, 3.8) is 0 Å². The first kappa shape index (κ1) is 16.7. The van der Waals surface area contributed by atoms with Crippen LogP contribution >= 0.6 is 0 Å². The van der Waals surface area contributed by atoms with Crippen LogP contribution < -0.4 is 0 Å². The van der Waals surface area contributed by atoms with Gasteiger partial charge in [-0.25, -0.2) is 0 Å². The Morgan fingerprint density at radius 1 is 1.20 bits per heavy atom. The quantitative estimate of drug-likeness (QED) is 0.522. The standard InChI is InChI=1S/C9H18NO.C3H9N/c1-8(2)9(11)6-7-10(3,4)5;1-4(2)3/h1,6-7H2,2-5H3;1-3H3/q+1;. The van der Waals surface area contributed by atoms with Crippen LogP contribution in [0.1, 0.15) is 13.3 Å². The monoisotopic (exact) mass is 215 g/mol. The maximum atomic E-state index is 11.1. The number of allylic oxidation sites excluding steroid dienone is 1. The first-order valence-corrected chi connectivity index (χ1v) is 5.16. The summed E-state index contributed by atoms with van der Waals surface area (Å²) in [4.78, 5) is 13.1. The number of rotatable bonds is 4. The molecule has 0 radical (unpaired) electrons. The molecule has 0 saturated carbocycles. The molecule has 0 unspecified atom stereocenters. The second kappa shape index (κ2) is 7.60. The Bertz CT molecular complexity index is 199. The average Bonchev–Trinajstić information content (AvgIpc) is 1.97. The van der Waals surface area contributed by atoms with Gasteiger partial charge in [0.1, 0.15) is 0 Å². The van der Waals surface area contributed by atoms with Crippen LogP contribution in [0.3, 0.4) is 0 Å². The zero-order valence-corrected chi connectivity index (χ0v) is 11.4. The highest BCUT2D eigenvalue weighted by Gasteiger charge is 2.10. The van der Waals surface area contributed by atoms with E-state index in [1.165, 1.54) is 0 Å². The third-order valence-corrected chi connectivity index (χ3v) is 1.49. The summed E-state index contributed by atoms with van der Waals surface area (Å²) in [6.07, 6.45) is 0.610. The van der Waals surface area contributed by atoms with Gasteiger partial charge in [-0.05, 0) is 33.6 Å². The molecule has 0 amide bonds. The van der Waals surface area contributed by atoms with Crippen molar-refractivity contribution < 1.29 is 9.28 Å². The fraction of sp³-hybridized carbons (Fsp3) is 0.750. The third kappa shape index (κ3) is 19.7. The Kier molecular flexibility index (Phi) is 8.49. The summed E-state index contributed by atoms with van der Waals surface area (Å²) in [7, 11) is 12.2. The number of carbonyl (C=O) groups is 1. The lowest BCUT2D eigenvalue weighted by Gasteiger charge is -2.23. The minimum Gasteiger partial charge on any atom is -0.331 e. The molecule has 0 heterocycles. The van der Waals surface area contributed by atoms with E-state index >= 15 is 0 Å². The molecule has 15 heavy (non-hydrogen) atoms. The summed E-state index contributed by atoms with van der Waals surface area (Å²) in [5.41, 5.74) is 0.665. The van der Waals surface area contributed by atoms with Crippen LogP contribution in [-0.4, -0.2) is 64.0 Å². The molecular weight excluding hydrogens is 188 g/mol. The molecule has 0 aromatic carbocycles. The highest BCUT2D eigenvalue weighted by Crippen LogP contribution is 1.99. The van der Waals surface area contributed by atoms with Gasteiger partial charge in [-0.2, -0.15) is 0 Å². The highest BCUT2D eigenvalue weighted by molar-refractivity contribution is 5.94. The van der Waals surface area contributed by atoms with Gasteiger partial charge < -0.3 is 9.38 Å². The molecule has 0 aliphatic rings. The zero-order valence-electron chi connectivity index (χ0n) is 11.4. The fourth-order valence-corrected chi connectivity index (χ4v) is 0.650. The van der Waals surface area contributed by atoms with Crippen LogP contribution in [0.2, 0.25) is 0 Å². The smallest absolute Gasteiger partial charge is 0.163 e. The van der Waals surface area contributed by atoms with E-state index in [-0.39, 0.29) is 5.78 Å². The van der Waals surface area contributed by atoms with E-state index in [0.29, 0.717) is 12.0 Å². The largest absolute Gasteiger partial charge is 0.331 e. The molecule has 0 aliphatic heterocycles. The maximum Gasteiger partial charge on any atom is 0.163 e. The van der Waals surface area contributed by atoms with Crippen molar-refractivity contribution in [2.45, 2.75) is 13.3 Å². The van der Waals surface area contributed by atoms with Crippen LogP contribution in [0.15, 0.2) is 12.2 Å². The Labute approximate surface area is 95.0 Å². The van der Waals surface area contributed by atoms with E-state index in [0.717, 1.165) is 11.0 Å². The van der Waals surface area contributed by atoms with Crippen molar-refractivity contribution in [2.75, 3.05) is 48.8 Å². The van der Waals surface area contributed by atoms with Gasteiger partial charge in [0.15, 0.2) is 5.78 Å². The second-order valence-electron chi connectivity index (χ2n) is 5.31. The molecule has 0 bridgehead atoms. The van der Waals surface area contributed by atoms with E-state index in [9.17, 15) is 4.79 Å². The Hall–Kier alpha value is -0.670. The topological polar surface area (TPSA) is 20.3 Å².